The molecule has 1 atom stereocenters. The minimum Gasteiger partial charge on any atom is -0.397 e. The van der Waals surface area contributed by atoms with Crippen LogP contribution in [0.1, 0.15) is 5.56 Å². The highest BCUT2D eigenvalue weighted by Crippen LogP contribution is 2.18. The van der Waals surface area contributed by atoms with Gasteiger partial charge in [0, 0.05) is 0 Å². The number of para-hydroxylation sites is 2. The van der Waals surface area contributed by atoms with Gasteiger partial charge >= 0.3 is 0 Å². The van der Waals surface area contributed by atoms with Crippen LogP contribution in [0.15, 0.2) is 60.7 Å². The van der Waals surface area contributed by atoms with E-state index in [-0.39, 0.29) is 0 Å². The number of nitriles is 1. The molecule has 0 aliphatic carbocycles. The molecular weight excluding hydrogens is 234 g/mol. The highest BCUT2D eigenvalue weighted by atomic mass is 14.9. The van der Waals surface area contributed by atoms with Crippen LogP contribution in [-0.4, -0.2) is 6.04 Å². The van der Waals surface area contributed by atoms with Crippen LogP contribution in [0, 0.1) is 11.3 Å². The summed E-state index contributed by atoms with van der Waals surface area (Å²) in [6.07, 6.45) is 3.74. The molecule has 3 nitrogen and oxygen atoms in total. The van der Waals surface area contributed by atoms with E-state index in [1.807, 2.05) is 60.7 Å². The van der Waals surface area contributed by atoms with E-state index in [4.69, 9.17) is 11.0 Å². The minimum atomic E-state index is -0.412. The lowest BCUT2D eigenvalue weighted by Crippen LogP contribution is -2.14. The SMILES string of the molecule is N#C[C@@H](/C=C\c1ccccc1)Nc1ccccc1N. The summed E-state index contributed by atoms with van der Waals surface area (Å²) in [5, 5.41) is 12.2. The van der Waals surface area contributed by atoms with Crippen LogP contribution >= 0.6 is 0 Å². The maximum Gasteiger partial charge on any atom is 0.133 e. The van der Waals surface area contributed by atoms with Gasteiger partial charge in [-0.1, -0.05) is 48.5 Å². The molecule has 3 heteroatoms. The second-order valence-corrected chi connectivity index (χ2v) is 4.11. The van der Waals surface area contributed by atoms with Crippen molar-refractivity contribution in [3.63, 3.8) is 0 Å². The molecule has 0 aliphatic rings. The molecule has 0 unspecified atom stereocenters. The Morgan fingerprint density at radius 3 is 2.42 bits per heavy atom. The van der Waals surface area contributed by atoms with Gasteiger partial charge in [-0.3, -0.25) is 0 Å². The van der Waals surface area contributed by atoms with Crippen molar-refractivity contribution in [3.05, 3.63) is 66.2 Å². The molecule has 2 aromatic carbocycles. The highest BCUT2D eigenvalue weighted by molar-refractivity contribution is 5.67. The van der Waals surface area contributed by atoms with Crippen molar-refractivity contribution in [3.8, 4) is 6.07 Å². The Bertz CT molecular complexity index is 597. The number of benzene rings is 2. The molecule has 0 saturated heterocycles. The Kier molecular flexibility index (Phi) is 4.20. The van der Waals surface area contributed by atoms with Crippen molar-refractivity contribution in [1.82, 2.24) is 0 Å². The zero-order chi connectivity index (χ0) is 13.5. The number of rotatable bonds is 4. The van der Waals surface area contributed by atoms with Crippen LogP contribution in [0.25, 0.3) is 6.08 Å². The van der Waals surface area contributed by atoms with Gasteiger partial charge in [0.2, 0.25) is 0 Å². The van der Waals surface area contributed by atoms with Gasteiger partial charge in [0.15, 0.2) is 0 Å². The second-order valence-electron chi connectivity index (χ2n) is 4.11. The van der Waals surface area contributed by atoms with Gasteiger partial charge in [-0.25, -0.2) is 0 Å². The summed E-state index contributed by atoms with van der Waals surface area (Å²) in [4.78, 5) is 0. The maximum atomic E-state index is 9.15. The zero-order valence-electron chi connectivity index (χ0n) is 10.5. The van der Waals surface area contributed by atoms with Gasteiger partial charge in [0.1, 0.15) is 6.04 Å². The smallest absolute Gasteiger partial charge is 0.133 e. The third kappa shape index (κ3) is 3.62. The summed E-state index contributed by atoms with van der Waals surface area (Å²) in [7, 11) is 0. The molecule has 0 spiro atoms. The van der Waals surface area contributed by atoms with Crippen LogP contribution in [0.3, 0.4) is 0 Å². The first kappa shape index (κ1) is 12.7. The van der Waals surface area contributed by atoms with E-state index < -0.39 is 6.04 Å². The van der Waals surface area contributed by atoms with E-state index in [0.29, 0.717) is 5.69 Å². The molecule has 19 heavy (non-hydrogen) atoms. The van der Waals surface area contributed by atoms with Crippen LogP contribution in [0.5, 0.6) is 0 Å². The molecule has 0 aliphatic heterocycles. The molecule has 94 valence electrons. The topological polar surface area (TPSA) is 61.8 Å². The predicted molar refractivity (Wildman–Crippen MR) is 79.4 cm³/mol. The molecule has 0 bridgehead atoms. The molecule has 0 saturated carbocycles. The molecule has 0 fully saturated rings. The summed E-state index contributed by atoms with van der Waals surface area (Å²) in [6.45, 7) is 0. The zero-order valence-corrected chi connectivity index (χ0v) is 10.5. The van der Waals surface area contributed by atoms with Crippen molar-refractivity contribution < 1.29 is 0 Å². The molecule has 0 radical (unpaired) electrons. The van der Waals surface area contributed by atoms with E-state index in [1.165, 1.54) is 0 Å². The molecule has 2 rings (SSSR count). The largest absolute Gasteiger partial charge is 0.397 e. The first-order valence-electron chi connectivity index (χ1n) is 6.03. The fraction of sp³-hybridized carbons (Fsp3) is 0.0625. The van der Waals surface area contributed by atoms with E-state index in [9.17, 15) is 0 Å². The summed E-state index contributed by atoms with van der Waals surface area (Å²) >= 11 is 0. The van der Waals surface area contributed by atoms with Crippen LogP contribution in [-0.2, 0) is 0 Å². The van der Waals surface area contributed by atoms with E-state index >= 15 is 0 Å². The van der Waals surface area contributed by atoms with Gasteiger partial charge in [-0.05, 0) is 23.8 Å². The van der Waals surface area contributed by atoms with Gasteiger partial charge in [-0.2, -0.15) is 5.26 Å². The molecule has 3 N–H and O–H groups in total. The van der Waals surface area contributed by atoms with Crippen molar-refractivity contribution in [2.75, 3.05) is 11.1 Å². The average Bonchev–Trinajstić information content (AvgIpc) is 2.46. The third-order valence-corrected chi connectivity index (χ3v) is 2.69. The quantitative estimate of drug-likeness (QED) is 0.817. The Hall–Kier alpha value is -2.73. The number of nitrogens with one attached hydrogen (secondary N) is 1. The first-order chi connectivity index (χ1) is 9.29. The monoisotopic (exact) mass is 249 g/mol. The number of nitrogens with zero attached hydrogens (tertiary/aromatic N) is 1. The Balaban J connectivity index is 2.08. The van der Waals surface area contributed by atoms with Gasteiger partial charge in [0.05, 0.1) is 17.4 Å². The molecule has 2 aromatic rings. The van der Waals surface area contributed by atoms with E-state index in [2.05, 4.69) is 11.4 Å². The Labute approximate surface area is 113 Å². The second kappa shape index (κ2) is 6.27. The highest BCUT2D eigenvalue weighted by Gasteiger charge is 2.04. The Morgan fingerprint density at radius 1 is 1.05 bits per heavy atom. The molecule has 0 aromatic heterocycles. The molecule has 0 heterocycles. The number of hydrogen-bond donors (Lipinski definition) is 2. The lowest BCUT2D eigenvalue weighted by molar-refractivity contribution is 1.12. The lowest BCUT2D eigenvalue weighted by atomic mass is 10.1. The fourth-order valence-corrected chi connectivity index (χ4v) is 1.69. The predicted octanol–water partition coefficient (Wildman–Crippen LogP) is 3.29. The van der Waals surface area contributed by atoms with E-state index in [0.717, 1.165) is 11.3 Å². The number of nitrogen functional groups attached to an aromatic ring is 1. The third-order valence-electron chi connectivity index (χ3n) is 2.69. The summed E-state index contributed by atoms with van der Waals surface area (Å²) in [5.41, 5.74) is 8.30. The van der Waals surface area contributed by atoms with Crippen molar-refractivity contribution >= 4 is 17.5 Å². The first-order valence-corrected chi connectivity index (χ1v) is 6.03. The van der Waals surface area contributed by atoms with Gasteiger partial charge < -0.3 is 11.1 Å². The number of hydrogen-bond acceptors (Lipinski definition) is 3. The fourth-order valence-electron chi connectivity index (χ4n) is 1.69. The van der Waals surface area contributed by atoms with Crippen molar-refractivity contribution in [1.29, 1.82) is 5.26 Å². The standard InChI is InChI=1S/C16H15N3/c17-12-14(11-10-13-6-2-1-3-7-13)19-16-9-5-4-8-15(16)18/h1-11,14,19H,18H2/b11-10-/t14-/m1/s1. The number of nitrogens with two attached hydrogens (primary N) is 1. The maximum absolute atomic E-state index is 9.15. The van der Waals surface area contributed by atoms with Crippen molar-refractivity contribution in [2.24, 2.45) is 0 Å². The molecule has 0 amide bonds. The summed E-state index contributed by atoms with van der Waals surface area (Å²) in [6, 6.07) is 19.0. The average molecular weight is 249 g/mol. The van der Waals surface area contributed by atoms with Gasteiger partial charge in [-0.15, -0.1) is 0 Å². The lowest BCUT2D eigenvalue weighted by Gasteiger charge is -2.11. The van der Waals surface area contributed by atoms with E-state index in [1.54, 1.807) is 6.07 Å². The minimum absolute atomic E-state index is 0.412. The van der Waals surface area contributed by atoms with Crippen molar-refractivity contribution in [2.45, 2.75) is 6.04 Å². The van der Waals surface area contributed by atoms with Gasteiger partial charge in [0.25, 0.3) is 0 Å². The Morgan fingerprint density at radius 2 is 1.74 bits per heavy atom. The van der Waals surface area contributed by atoms with Crippen LogP contribution in [0.2, 0.25) is 0 Å². The number of anilines is 2. The normalized spacial score (nSPS) is 11.9. The molecular formula is C16H15N3. The van der Waals surface area contributed by atoms with Crippen LogP contribution < -0.4 is 11.1 Å². The summed E-state index contributed by atoms with van der Waals surface area (Å²) < 4.78 is 0. The van der Waals surface area contributed by atoms with Crippen LogP contribution in [0.4, 0.5) is 11.4 Å². The summed E-state index contributed by atoms with van der Waals surface area (Å²) in [5.74, 6) is 0.